The quantitative estimate of drug-likeness (QED) is 0.514. The van der Waals surface area contributed by atoms with Crippen molar-refractivity contribution in [3.05, 3.63) is 26.7 Å². The van der Waals surface area contributed by atoms with Crippen molar-refractivity contribution in [2.45, 2.75) is 43.4 Å². The summed E-state index contributed by atoms with van der Waals surface area (Å²) in [5.41, 5.74) is -0.805. The molecule has 0 N–H and O–H groups in total. The number of aryl methyl sites for hydroxylation is 2. The highest BCUT2D eigenvalue weighted by Gasteiger charge is 2.20. The van der Waals surface area contributed by atoms with E-state index in [0.29, 0.717) is 18.7 Å². The van der Waals surface area contributed by atoms with Crippen LogP contribution in [0.5, 0.6) is 0 Å². The minimum atomic E-state index is -1.21. The van der Waals surface area contributed by atoms with Crippen LogP contribution in [0, 0.1) is 0 Å². The minimum Gasteiger partial charge on any atom is -0.549 e. The second kappa shape index (κ2) is 7.16. The van der Waals surface area contributed by atoms with Gasteiger partial charge in [-0.05, 0) is 12.8 Å². The number of aliphatic carboxylic acids is 1. The number of thioether (sulfide) groups is 1. The molecule has 2 aromatic heterocycles. The summed E-state index contributed by atoms with van der Waals surface area (Å²) in [5.74, 6) is -0.739. The minimum absolute atomic E-state index is 0.157. The van der Waals surface area contributed by atoms with E-state index in [4.69, 9.17) is 0 Å². The molecule has 0 saturated carbocycles. The van der Waals surface area contributed by atoms with E-state index < -0.39 is 22.5 Å². The number of hydrogen-bond acceptors (Lipinski definition) is 7. The van der Waals surface area contributed by atoms with Crippen molar-refractivity contribution < 1.29 is 9.90 Å². The lowest BCUT2D eigenvalue weighted by atomic mass is 10.3. The SMILES string of the molecule is CCCc1nc(S[C@H](CC)C(=O)[O-])c2c(=O)n(C)c(=O)n(C)c2n1. The van der Waals surface area contributed by atoms with Gasteiger partial charge in [-0.3, -0.25) is 13.9 Å². The highest BCUT2D eigenvalue weighted by Crippen LogP contribution is 2.28. The molecule has 0 aliphatic heterocycles. The van der Waals surface area contributed by atoms with Crippen molar-refractivity contribution in [1.82, 2.24) is 19.1 Å². The smallest absolute Gasteiger partial charge is 0.332 e. The molecule has 0 spiro atoms. The normalized spacial score (nSPS) is 12.5. The number of carboxylic acid groups (broad SMARTS) is 1. The zero-order chi connectivity index (χ0) is 18.0. The summed E-state index contributed by atoms with van der Waals surface area (Å²) in [7, 11) is 2.89. The summed E-state index contributed by atoms with van der Waals surface area (Å²) in [6.45, 7) is 3.68. The Morgan fingerprint density at radius 3 is 2.42 bits per heavy atom. The predicted molar refractivity (Wildman–Crippen MR) is 89.0 cm³/mol. The molecule has 2 aromatic rings. The van der Waals surface area contributed by atoms with Gasteiger partial charge in [-0.2, -0.15) is 0 Å². The highest BCUT2D eigenvalue weighted by atomic mass is 32.2. The Kier molecular flexibility index (Phi) is 5.43. The van der Waals surface area contributed by atoms with Crippen LogP contribution in [0.4, 0.5) is 0 Å². The van der Waals surface area contributed by atoms with Gasteiger partial charge in [0.1, 0.15) is 16.2 Å². The molecule has 0 aliphatic carbocycles. The molecule has 0 bridgehead atoms. The molecule has 24 heavy (non-hydrogen) atoms. The zero-order valence-electron chi connectivity index (χ0n) is 14.0. The van der Waals surface area contributed by atoms with Crippen molar-refractivity contribution in [3.8, 4) is 0 Å². The molecule has 2 rings (SSSR count). The standard InChI is InChI=1S/C15H20N4O4S/c1-5-7-9-16-11-10(13(20)19(4)15(23)18(11)3)12(17-9)24-8(6-2)14(21)22/h8H,5-7H2,1-4H3,(H,21,22)/p-1/t8-/m1/s1. The van der Waals surface area contributed by atoms with Gasteiger partial charge in [-0.15, -0.1) is 0 Å². The van der Waals surface area contributed by atoms with Gasteiger partial charge in [0, 0.05) is 20.5 Å². The molecule has 0 aromatic carbocycles. The van der Waals surface area contributed by atoms with Crippen LogP contribution in [0.3, 0.4) is 0 Å². The third kappa shape index (κ3) is 3.21. The first kappa shape index (κ1) is 18.2. The highest BCUT2D eigenvalue weighted by molar-refractivity contribution is 8.00. The molecule has 0 saturated heterocycles. The molecule has 9 heteroatoms. The van der Waals surface area contributed by atoms with Gasteiger partial charge in [0.15, 0.2) is 5.65 Å². The van der Waals surface area contributed by atoms with Crippen LogP contribution in [0.15, 0.2) is 14.6 Å². The van der Waals surface area contributed by atoms with E-state index in [-0.39, 0.29) is 16.1 Å². The number of nitrogens with zero attached hydrogens (tertiary/aromatic N) is 4. The molecule has 0 fully saturated rings. The maximum atomic E-state index is 12.5. The number of fused-ring (bicyclic) bond motifs is 1. The number of rotatable bonds is 6. The van der Waals surface area contributed by atoms with Crippen LogP contribution in [0.1, 0.15) is 32.5 Å². The van der Waals surface area contributed by atoms with Gasteiger partial charge in [0.05, 0.1) is 11.2 Å². The van der Waals surface area contributed by atoms with Crippen LogP contribution in [0.2, 0.25) is 0 Å². The van der Waals surface area contributed by atoms with Crippen molar-refractivity contribution in [2.24, 2.45) is 14.1 Å². The lowest BCUT2D eigenvalue weighted by Gasteiger charge is -2.17. The largest absolute Gasteiger partial charge is 0.549 e. The summed E-state index contributed by atoms with van der Waals surface area (Å²) in [6, 6.07) is 0. The lowest BCUT2D eigenvalue weighted by Crippen LogP contribution is -2.38. The maximum Gasteiger partial charge on any atom is 0.332 e. The molecular weight excluding hydrogens is 332 g/mol. The first-order chi connectivity index (χ1) is 11.3. The third-order valence-corrected chi connectivity index (χ3v) is 5.00. The van der Waals surface area contributed by atoms with E-state index >= 15 is 0 Å². The average molecular weight is 351 g/mol. The van der Waals surface area contributed by atoms with E-state index in [1.807, 2.05) is 6.92 Å². The van der Waals surface area contributed by atoms with Gasteiger partial charge in [0.2, 0.25) is 0 Å². The van der Waals surface area contributed by atoms with Crippen LogP contribution in [-0.4, -0.2) is 30.3 Å². The van der Waals surface area contributed by atoms with E-state index in [9.17, 15) is 19.5 Å². The number of carbonyl (C=O) groups is 1. The van der Waals surface area contributed by atoms with Crippen molar-refractivity contribution in [3.63, 3.8) is 0 Å². The fraction of sp³-hybridized carbons (Fsp3) is 0.533. The van der Waals surface area contributed by atoms with Gasteiger partial charge >= 0.3 is 5.69 Å². The maximum absolute atomic E-state index is 12.5. The van der Waals surface area contributed by atoms with Gasteiger partial charge in [-0.25, -0.2) is 14.8 Å². The van der Waals surface area contributed by atoms with Crippen molar-refractivity contribution in [2.75, 3.05) is 0 Å². The Balaban J connectivity index is 2.83. The number of carbonyl (C=O) groups excluding carboxylic acids is 1. The molecule has 0 amide bonds. The molecular formula is C15H19N4O4S-. The summed E-state index contributed by atoms with van der Waals surface area (Å²) in [6.07, 6.45) is 1.68. The monoisotopic (exact) mass is 351 g/mol. The van der Waals surface area contributed by atoms with E-state index in [1.165, 1.54) is 18.7 Å². The Hall–Kier alpha value is -2.16. The second-order valence-corrected chi connectivity index (χ2v) is 6.62. The Morgan fingerprint density at radius 1 is 1.21 bits per heavy atom. The van der Waals surface area contributed by atoms with Crippen molar-refractivity contribution in [1.29, 1.82) is 0 Å². The Morgan fingerprint density at radius 2 is 1.88 bits per heavy atom. The summed E-state index contributed by atoms with van der Waals surface area (Å²) >= 11 is 0.962. The molecule has 2 heterocycles. The molecule has 0 aliphatic rings. The lowest BCUT2D eigenvalue weighted by molar-refractivity contribution is -0.304. The summed E-state index contributed by atoms with van der Waals surface area (Å²) in [4.78, 5) is 44.6. The number of carboxylic acids is 1. The predicted octanol–water partition coefficient (Wildman–Crippen LogP) is -0.400. The zero-order valence-corrected chi connectivity index (χ0v) is 14.8. The third-order valence-electron chi connectivity index (χ3n) is 3.67. The first-order valence-corrected chi connectivity index (χ1v) is 8.53. The number of aromatic nitrogens is 4. The van der Waals surface area contributed by atoms with Gasteiger partial charge in [0.25, 0.3) is 5.56 Å². The van der Waals surface area contributed by atoms with E-state index in [0.717, 1.165) is 22.7 Å². The van der Waals surface area contributed by atoms with Gasteiger partial charge in [-0.1, -0.05) is 25.6 Å². The van der Waals surface area contributed by atoms with Crippen LogP contribution >= 0.6 is 11.8 Å². The Labute approximate surface area is 142 Å². The van der Waals surface area contributed by atoms with Crippen LogP contribution in [-0.2, 0) is 25.3 Å². The first-order valence-electron chi connectivity index (χ1n) is 7.65. The molecule has 130 valence electrons. The molecule has 1 atom stereocenters. The number of hydrogen-bond donors (Lipinski definition) is 0. The van der Waals surface area contributed by atoms with Gasteiger partial charge < -0.3 is 9.90 Å². The second-order valence-electron chi connectivity index (χ2n) is 5.43. The van der Waals surface area contributed by atoms with Crippen molar-refractivity contribution >= 4 is 28.8 Å². The summed E-state index contributed by atoms with van der Waals surface area (Å²) in [5, 5.41) is 10.8. The molecule has 8 nitrogen and oxygen atoms in total. The summed E-state index contributed by atoms with van der Waals surface area (Å²) < 4.78 is 2.25. The van der Waals surface area contributed by atoms with E-state index in [2.05, 4.69) is 9.97 Å². The fourth-order valence-corrected chi connectivity index (χ4v) is 3.31. The average Bonchev–Trinajstić information content (AvgIpc) is 2.55. The molecule has 0 radical (unpaired) electrons. The topological polar surface area (TPSA) is 110 Å². The fourth-order valence-electron chi connectivity index (χ4n) is 2.33. The molecule has 0 unspecified atom stereocenters. The Bertz CT molecular complexity index is 903. The van der Waals surface area contributed by atoms with Crippen LogP contribution < -0.4 is 16.4 Å². The van der Waals surface area contributed by atoms with Crippen LogP contribution in [0.25, 0.3) is 11.0 Å². The van der Waals surface area contributed by atoms with E-state index in [1.54, 1.807) is 6.92 Å².